The minimum absolute atomic E-state index is 0.0819. The first-order chi connectivity index (χ1) is 15.2. The molecule has 1 unspecified atom stereocenters. The SMILES string of the molecule is O=C(Nc1cccc(-c2ncnc3c2ncn3C2CCCCO2)c1)c1cccnc1F. The van der Waals surface area contributed by atoms with Gasteiger partial charge in [0.05, 0.1) is 11.9 Å². The van der Waals surface area contributed by atoms with Crippen LogP contribution in [-0.2, 0) is 4.74 Å². The maximum Gasteiger partial charge on any atom is 0.260 e. The van der Waals surface area contributed by atoms with Gasteiger partial charge in [-0.15, -0.1) is 0 Å². The Kier molecular flexibility index (Phi) is 5.09. The van der Waals surface area contributed by atoms with Gasteiger partial charge in [-0.05, 0) is 43.5 Å². The van der Waals surface area contributed by atoms with E-state index >= 15 is 0 Å². The van der Waals surface area contributed by atoms with Gasteiger partial charge >= 0.3 is 0 Å². The first kappa shape index (κ1) is 19.3. The number of aromatic nitrogens is 5. The van der Waals surface area contributed by atoms with Gasteiger partial charge in [-0.3, -0.25) is 9.36 Å². The van der Waals surface area contributed by atoms with E-state index in [4.69, 9.17) is 4.74 Å². The molecule has 1 fully saturated rings. The van der Waals surface area contributed by atoms with Crippen LogP contribution in [0.2, 0.25) is 0 Å². The number of ether oxygens (including phenoxy) is 1. The average molecular weight is 418 g/mol. The highest BCUT2D eigenvalue weighted by Gasteiger charge is 2.21. The molecule has 0 bridgehead atoms. The number of nitrogens with one attached hydrogen (secondary N) is 1. The number of anilines is 1. The van der Waals surface area contributed by atoms with Crippen LogP contribution in [0.3, 0.4) is 0 Å². The highest BCUT2D eigenvalue weighted by Crippen LogP contribution is 2.30. The number of benzene rings is 1. The number of rotatable bonds is 4. The molecule has 1 aromatic carbocycles. The fraction of sp³-hybridized carbons (Fsp3) is 0.227. The van der Waals surface area contributed by atoms with Crippen LogP contribution in [0, 0.1) is 5.95 Å². The second-order valence-corrected chi connectivity index (χ2v) is 7.24. The molecular weight excluding hydrogens is 399 g/mol. The van der Waals surface area contributed by atoms with Crippen LogP contribution >= 0.6 is 0 Å². The zero-order valence-electron chi connectivity index (χ0n) is 16.5. The Morgan fingerprint density at radius 2 is 2.06 bits per heavy atom. The molecule has 1 amide bonds. The predicted molar refractivity (Wildman–Crippen MR) is 112 cm³/mol. The second kappa shape index (κ2) is 8.19. The molecule has 156 valence electrons. The molecule has 4 aromatic rings. The van der Waals surface area contributed by atoms with Crippen molar-refractivity contribution >= 4 is 22.8 Å². The topological polar surface area (TPSA) is 94.8 Å². The molecule has 9 heteroatoms. The third kappa shape index (κ3) is 3.75. The van der Waals surface area contributed by atoms with Crippen LogP contribution in [0.4, 0.5) is 10.1 Å². The average Bonchev–Trinajstić information content (AvgIpc) is 3.24. The number of hydrogen-bond acceptors (Lipinski definition) is 6. The minimum atomic E-state index is -0.816. The molecule has 4 heterocycles. The van der Waals surface area contributed by atoms with E-state index in [0.717, 1.165) is 31.4 Å². The first-order valence-corrected chi connectivity index (χ1v) is 10.0. The summed E-state index contributed by atoms with van der Waals surface area (Å²) < 4.78 is 21.6. The summed E-state index contributed by atoms with van der Waals surface area (Å²) >= 11 is 0. The van der Waals surface area contributed by atoms with E-state index in [2.05, 4.69) is 25.3 Å². The normalized spacial score (nSPS) is 16.4. The van der Waals surface area contributed by atoms with Crippen LogP contribution < -0.4 is 5.32 Å². The van der Waals surface area contributed by atoms with Crippen LogP contribution in [-0.4, -0.2) is 37.0 Å². The lowest BCUT2D eigenvalue weighted by Gasteiger charge is -2.23. The number of nitrogens with zero attached hydrogens (tertiary/aromatic N) is 5. The monoisotopic (exact) mass is 418 g/mol. The zero-order chi connectivity index (χ0) is 21.2. The minimum Gasteiger partial charge on any atom is -0.358 e. The largest absolute Gasteiger partial charge is 0.358 e. The standard InChI is InChI=1S/C22H19FN6O2/c23-20-16(7-4-9-24-20)22(30)28-15-6-3-5-14(11-15)18-19-21(26-12-25-18)29(13-27-19)17-8-1-2-10-31-17/h3-7,9,11-13,17H,1-2,8,10H2,(H,28,30). The molecule has 3 aromatic heterocycles. The van der Waals surface area contributed by atoms with Gasteiger partial charge < -0.3 is 10.1 Å². The third-order valence-electron chi connectivity index (χ3n) is 5.22. The van der Waals surface area contributed by atoms with Crippen molar-refractivity contribution in [3.8, 4) is 11.3 Å². The van der Waals surface area contributed by atoms with Crippen molar-refractivity contribution in [3.63, 3.8) is 0 Å². The number of pyridine rings is 1. The van der Waals surface area contributed by atoms with Gasteiger partial charge in [-0.25, -0.2) is 19.9 Å². The summed E-state index contributed by atoms with van der Waals surface area (Å²) in [5.74, 6) is -1.39. The molecule has 8 nitrogen and oxygen atoms in total. The molecular formula is C22H19FN6O2. The lowest BCUT2D eigenvalue weighted by Crippen LogP contribution is -2.17. The van der Waals surface area contributed by atoms with E-state index in [1.54, 1.807) is 24.5 Å². The first-order valence-electron chi connectivity index (χ1n) is 10.0. The molecule has 31 heavy (non-hydrogen) atoms. The number of carbonyl (C=O) groups is 1. The highest BCUT2D eigenvalue weighted by atomic mass is 19.1. The molecule has 1 aliphatic heterocycles. The molecule has 1 atom stereocenters. The van der Waals surface area contributed by atoms with Crippen molar-refractivity contribution in [1.29, 1.82) is 0 Å². The van der Waals surface area contributed by atoms with Gasteiger partial charge in [0.1, 0.15) is 23.8 Å². The number of hydrogen-bond donors (Lipinski definition) is 1. The second-order valence-electron chi connectivity index (χ2n) is 7.24. The molecule has 0 aliphatic carbocycles. The molecule has 1 aliphatic rings. The summed E-state index contributed by atoms with van der Waals surface area (Å²) in [7, 11) is 0. The predicted octanol–water partition coefficient (Wildman–Crippen LogP) is 3.98. The lowest BCUT2D eigenvalue weighted by atomic mass is 10.1. The Hall–Kier alpha value is -3.72. The van der Waals surface area contributed by atoms with Crippen molar-refractivity contribution < 1.29 is 13.9 Å². The summed E-state index contributed by atoms with van der Waals surface area (Å²) in [5.41, 5.74) is 3.13. The Labute approximate surface area is 177 Å². The van der Waals surface area contributed by atoms with Gasteiger partial charge in [0.25, 0.3) is 5.91 Å². The Bertz CT molecular complexity index is 1250. The van der Waals surface area contributed by atoms with Crippen molar-refractivity contribution in [2.45, 2.75) is 25.5 Å². The number of amides is 1. The molecule has 1 saturated heterocycles. The van der Waals surface area contributed by atoms with E-state index in [-0.39, 0.29) is 11.8 Å². The molecule has 0 radical (unpaired) electrons. The Morgan fingerprint density at radius 3 is 2.90 bits per heavy atom. The maximum atomic E-state index is 13.8. The molecule has 5 rings (SSSR count). The fourth-order valence-electron chi connectivity index (χ4n) is 3.72. The molecule has 0 saturated carbocycles. The van der Waals surface area contributed by atoms with E-state index in [0.29, 0.717) is 22.5 Å². The summed E-state index contributed by atoms with van der Waals surface area (Å²) in [4.78, 5) is 29.3. The van der Waals surface area contributed by atoms with Gasteiger partial charge in [0.2, 0.25) is 5.95 Å². The van der Waals surface area contributed by atoms with Crippen LogP contribution in [0.15, 0.2) is 55.2 Å². The lowest BCUT2D eigenvalue weighted by molar-refractivity contribution is -0.0298. The number of carbonyl (C=O) groups excluding carboxylic acids is 1. The summed E-state index contributed by atoms with van der Waals surface area (Å²) in [6.45, 7) is 0.724. The van der Waals surface area contributed by atoms with Crippen molar-refractivity contribution in [2.75, 3.05) is 11.9 Å². The third-order valence-corrected chi connectivity index (χ3v) is 5.22. The van der Waals surface area contributed by atoms with Gasteiger partial charge in [-0.2, -0.15) is 4.39 Å². The number of fused-ring (bicyclic) bond motifs is 1. The fourth-order valence-corrected chi connectivity index (χ4v) is 3.72. The number of imidazole rings is 1. The highest BCUT2D eigenvalue weighted by molar-refractivity contribution is 6.04. The van der Waals surface area contributed by atoms with Gasteiger partial charge in [0.15, 0.2) is 5.65 Å². The summed E-state index contributed by atoms with van der Waals surface area (Å²) in [6, 6.07) is 10.1. The van der Waals surface area contributed by atoms with Crippen molar-refractivity contribution in [3.05, 3.63) is 66.8 Å². The van der Waals surface area contributed by atoms with E-state index in [9.17, 15) is 9.18 Å². The van der Waals surface area contributed by atoms with E-state index in [1.807, 2.05) is 10.6 Å². The zero-order valence-corrected chi connectivity index (χ0v) is 16.5. The van der Waals surface area contributed by atoms with Crippen LogP contribution in [0.1, 0.15) is 35.8 Å². The quantitative estimate of drug-likeness (QED) is 0.504. The van der Waals surface area contributed by atoms with Crippen LogP contribution in [0.5, 0.6) is 0 Å². The van der Waals surface area contributed by atoms with Crippen LogP contribution in [0.25, 0.3) is 22.4 Å². The maximum absolute atomic E-state index is 13.8. The van der Waals surface area contributed by atoms with Gasteiger partial charge in [-0.1, -0.05) is 12.1 Å². The summed E-state index contributed by atoms with van der Waals surface area (Å²) in [6.07, 6.45) is 7.51. The van der Waals surface area contributed by atoms with Crippen molar-refractivity contribution in [2.24, 2.45) is 0 Å². The molecule has 0 spiro atoms. The Balaban J connectivity index is 1.46. The van der Waals surface area contributed by atoms with E-state index in [1.165, 1.54) is 24.7 Å². The van der Waals surface area contributed by atoms with Gasteiger partial charge in [0, 0.05) is 24.1 Å². The van der Waals surface area contributed by atoms with E-state index < -0.39 is 11.9 Å². The Morgan fingerprint density at radius 1 is 1.13 bits per heavy atom. The van der Waals surface area contributed by atoms with Crippen molar-refractivity contribution in [1.82, 2.24) is 24.5 Å². The number of halogens is 1. The smallest absolute Gasteiger partial charge is 0.260 e. The summed E-state index contributed by atoms with van der Waals surface area (Å²) in [5, 5.41) is 2.71. The molecule has 1 N–H and O–H groups in total.